The summed E-state index contributed by atoms with van der Waals surface area (Å²) in [5.41, 5.74) is 5.84. The Bertz CT molecular complexity index is 766. The number of aliphatic hydroxyl groups is 2. The first kappa shape index (κ1) is 16.0. The molecule has 0 saturated carbocycles. The van der Waals surface area contributed by atoms with E-state index in [0.717, 1.165) is 0 Å². The lowest BCUT2D eigenvalue weighted by atomic mass is 10.1. The number of fused-ring (bicyclic) bond motifs is 2. The molecule has 0 amide bonds. The van der Waals surface area contributed by atoms with Crippen LogP contribution < -0.4 is 15.9 Å². The molecule has 0 radical (unpaired) electrons. The van der Waals surface area contributed by atoms with Crippen LogP contribution in [0.2, 0.25) is 0 Å². The second-order valence-electron chi connectivity index (χ2n) is 5.64. The average molecular weight is 360 g/mol. The Hall–Kier alpha value is -1.53. The van der Waals surface area contributed by atoms with Gasteiger partial charge in [0.05, 0.1) is 6.61 Å². The maximum atomic E-state index is 11.4. The van der Waals surface area contributed by atoms with Gasteiger partial charge in [-0.15, -0.1) is 0 Å². The van der Waals surface area contributed by atoms with Gasteiger partial charge in [-0.1, -0.05) is 0 Å². The first-order valence-electron chi connectivity index (χ1n) is 7.11. The Morgan fingerprint density at radius 2 is 2.25 bits per heavy atom. The van der Waals surface area contributed by atoms with Crippen molar-refractivity contribution in [3.05, 3.63) is 11.5 Å². The normalized spacial score (nSPS) is 41.3. The summed E-state index contributed by atoms with van der Waals surface area (Å²) in [6.07, 6.45) is -5.40. The fraction of sp³-hybridized carbons (Fsp3) is 0.636. The first-order chi connectivity index (χ1) is 11.3. The minimum Gasteiger partial charge on any atom is -0.756 e. The first-order valence-corrected chi connectivity index (χ1v) is 8.57. The van der Waals surface area contributed by atoms with Gasteiger partial charge in [0.15, 0.2) is 18.4 Å². The molecule has 3 aliphatic rings. The highest BCUT2D eigenvalue weighted by atomic mass is 31.2. The van der Waals surface area contributed by atoms with Crippen LogP contribution in [-0.4, -0.2) is 50.6 Å². The number of nitrogens with one attached hydrogen (secondary N) is 1. The third-order valence-corrected chi connectivity index (χ3v) is 5.05. The molecule has 0 spiro atoms. The molecule has 4 rings (SSSR count). The van der Waals surface area contributed by atoms with Crippen LogP contribution in [-0.2, 0) is 18.3 Å². The molecule has 13 heteroatoms. The fourth-order valence-corrected chi connectivity index (χ4v) is 4.02. The highest BCUT2D eigenvalue weighted by molar-refractivity contribution is 7.45. The van der Waals surface area contributed by atoms with E-state index in [2.05, 4.69) is 19.8 Å². The van der Waals surface area contributed by atoms with E-state index < -0.39 is 38.6 Å². The standard InChI is InChI=1S/C11H16N5O7P/c1-3-13-5-8(14-11(12)15-9(5)18)16(3)10-6(17)7-4(22-10)2-21-24(19,20)23-7/h4,6-7,9-10,17-18H,2H2,1H3,(H,19,20)(H3,12,14,15)/p-1/t4-,6-,7-,9?,10?/m1/s1. The number of aliphatic imine (C=N–C) groups is 1. The summed E-state index contributed by atoms with van der Waals surface area (Å²) >= 11 is 0. The van der Waals surface area contributed by atoms with Crippen molar-refractivity contribution in [2.24, 2.45) is 10.7 Å². The third-order valence-electron chi connectivity index (χ3n) is 4.08. The number of hydrogen-bond donors (Lipinski definition) is 4. The van der Waals surface area contributed by atoms with E-state index in [4.69, 9.17) is 15.0 Å². The Morgan fingerprint density at radius 1 is 1.50 bits per heavy atom. The van der Waals surface area contributed by atoms with E-state index in [1.54, 1.807) is 6.92 Å². The van der Waals surface area contributed by atoms with Gasteiger partial charge in [0, 0.05) is 0 Å². The molecule has 1 aromatic rings. The second-order valence-corrected chi connectivity index (χ2v) is 7.01. The van der Waals surface area contributed by atoms with E-state index in [1.807, 2.05) is 0 Å². The molecule has 12 nitrogen and oxygen atoms in total. The molecule has 0 bridgehead atoms. The number of imidazole rings is 1. The van der Waals surface area contributed by atoms with Gasteiger partial charge in [0.1, 0.15) is 35.6 Å². The van der Waals surface area contributed by atoms with Gasteiger partial charge in [-0.3, -0.25) is 9.13 Å². The molecular formula is C11H15N5O7P-. The summed E-state index contributed by atoms with van der Waals surface area (Å²) in [5.74, 6) is 0.691. The van der Waals surface area contributed by atoms with Gasteiger partial charge in [-0.2, -0.15) is 0 Å². The number of anilines is 1. The van der Waals surface area contributed by atoms with Crippen molar-refractivity contribution in [2.45, 2.75) is 37.7 Å². The number of rotatable bonds is 1. The number of nitrogens with zero attached hydrogens (tertiary/aromatic N) is 3. The van der Waals surface area contributed by atoms with Crippen molar-refractivity contribution >= 4 is 19.6 Å². The summed E-state index contributed by atoms with van der Waals surface area (Å²) in [6.45, 7) is 1.38. The summed E-state index contributed by atoms with van der Waals surface area (Å²) in [5, 5.41) is 23.2. The zero-order valence-electron chi connectivity index (χ0n) is 12.4. The molecule has 1 aromatic heterocycles. The molecule has 5 N–H and O–H groups in total. The highest BCUT2D eigenvalue weighted by Gasteiger charge is 2.51. The fourth-order valence-electron chi connectivity index (χ4n) is 3.07. The van der Waals surface area contributed by atoms with Crippen LogP contribution in [0.4, 0.5) is 5.82 Å². The number of aryl methyl sites for hydroxylation is 1. The average Bonchev–Trinajstić information content (AvgIpc) is 2.96. The Morgan fingerprint density at radius 3 is 3.00 bits per heavy atom. The van der Waals surface area contributed by atoms with Crippen molar-refractivity contribution in [1.29, 1.82) is 0 Å². The molecule has 3 aliphatic heterocycles. The van der Waals surface area contributed by atoms with E-state index in [0.29, 0.717) is 11.6 Å². The van der Waals surface area contributed by atoms with Gasteiger partial charge < -0.3 is 39.9 Å². The summed E-state index contributed by atoms with van der Waals surface area (Å²) in [7, 11) is -4.46. The van der Waals surface area contributed by atoms with Gasteiger partial charge in [-0.05, 0) is 6.92 Å². The number of hydrogen-bond acceptors (Lipinski definition) is 11. The number of phosphoric ester groups is 1. The lowest BCUT2D eigenvalue weighted by Gasteiger charge is -2.34. The molecule has 0 aliphatic carbocycles. The van der Waals surface area contributed by atoms with Crippen LogP contribution in [0.1, 0.15) is 24.0 Å². The minimum atomic E-state index is -4.46. The summed E-state index contributed by atoms with van der Waals surface area (Å²) in [4.78, 5) is 19.4. The minimum absolute atomic E-state index is 0.0234. The molecule has 3 unspecified atom stereocenters. The quantitative estimate of drug-likeness (QED) is 0.412. The predicted octanol–water partition coefficient (Wildman–Crippen LogP) is -1.94. The van der Waals surface area contributed by atoms with Crippen LogP contribution in [0, 0.1) is 6.92 Å². The third kappa shape index (κ3) is 2.35. The zero-order valence-corrected chi connectivity index (χ0v) is 13.3. The number of ether oxygens (including phenoxy) is 1. The van der Waals surface area contributed by atoms with E-state index in [1.165, 1.54) is 4.57 Å². The van der Waals surface area contributed by atoms with Crippen LogP contribution >= 0.6 is 7.82 Å². The van der Waals surface area contributed by atoms with Crippen molar-refractivity contribution in [3.8, 4) is 0 Å². The zero-order chi connectivity index (χ0) is 17.2. The lowest BCUT2D eigenvalue weighted by molar-refractivity contribution is -0.245. The van der Waals surface area contributed by atoms with Crippen molar-refractivity contribution < 1.29 is 33.5 Å². The SMILES string of the molecule is Cc1nc2c(n1C1O[C@@H]3COP(=O)([O-])O[C@H]3[C@H]1O)NC(N)=NC2O. The van der Waals surface area contributed by atoms with E-state index in [-0.39, 0.29) is 18.3 Å². The molecule has 4 heterocycles. The molecule has 0 aromatic carbocycles. The summed E-state index contributed by atoms with van der Waals surface area (Å²) in [6, 6.07) is 0. The van der Waals surface area contributed by atoms with Gasteiger partial charge in [0.2, 0.25) is 0 Å². The van der Waals surface area contributed by atoms with Gasteiger partial charge >= 0.3 is 0 Å². The number of phosphoric acid groups is 1. The molecule has 24 heavy (non-hydrogen) atoms. The van der Waals surface area contributed by atoms with Gasteiger partial charge in [-0.25, -0.2) is 9.98 Å². The largest absolute Gasteiger partial charge is 0.756 e. The van der Waals surface area contributed by atoms with Crippen molar-refractivity contribution in [3.63, 3.8) is 0 Å². The number of guanidine groups is 1. The topological polar surface area (TPSA) is 177 Å². The smallest absolute Gasteiger partial charge is 0.268 e. The van der Waals surface area contributed by atoms with Gasteiger partial charge in [0.25, 0.3) is 7.82 Å². The van der Waals surface area contributed by atoms with Crippen LogP contribution in [0.5, 0.6) is 0 Å². The molecule has 2 fully saturated rings. The highest BCUT2D eigenvalue weighted by Crippen LogP contribution is 2.50. The lowest BCUT2D eigenvalue weighted by Crippen LogP contribution is -2.41. The van der Waals surface area contributed by atoms with Crippen molar-refractivity contribution in [2.75, 3.05) is 11.9 Å². The van der Waals surface area contributed by atoms with Crippen molar-refractivity contribution in [1.82, 2.24) is 9.55 Å². The Balaban J connectivity index is 1.70. The number of aromatic nitrogens is 2. The van der Waals surface area contributed by atoms with Crippen LogP contribution in [0.15, 0.2) is 4.99 Å². The second kappa shape index (κ2) is 5.23. The number of aliphatic hydroxyl groups excluding tert-OH is 2. The Labute approximate surface area is 135 Å². The Kier molecular flexibility index (Phi) is 3.48. The maximum Gasteiger partial charge on any atom is 0.268 e. The summed E-state index contributed by atoms with van der Waals surface area (Å²) < 4.78 is 28.0. The molecular weight excluding hydrogens is 345 g/mol. The maximum absolute atomic E-state index is 11.4. The predicted molar refractivity (Wildman–Crippen MR) is 75.5 cm³/mol. The van der Waals surface area contributed by atoms with E-state index >= 15 is 0 Å². The molecule has 2 saturated heterocycles. The van der Waals surface area contributed by atoms with Crippen LogP contribution in [0.3, 0.4) is 0 Å². The van der Waals surface area contributed by atoms with Crippen LogP contribution in [0.25, 0.3) is 0 Å². The molecule has 132 valence electrons. The van der Waals surface area contributed by atoms with E-state index in [9.17, 15) is 19.7 Å². The monoisotopic (exact) mass is 360 g/mol. The number of nitrogens with two attached hydrogens (primary N) is 1. The molecule has 6 atom stereocenters.